The van der Waals surface area contributed by atoms with Crippen molar-refractivity contribution in [3.8, 4) is 0 Å². The summed E-state index contributed by atoms with van der Waals surface area (Å²) in [5.74, 6) is 0.0580. The number of aromatic nitrogens is 1. The van der Waals surface area contributed by atoms with Crippen molar-refractivity contribution in [2.24, 2.45) is 0 Å². The van der Waals surface area contributed by atoms with E-state index in [1.54, 1.807) is 28.6 Å². The number of carbonyl (C=O) groups is 1. The molecule has 0 bridgehead atoms. The van der Waals surface area contributed by atoms with Crippen LogP contribution < -0.4 is 5.32 Å². The normalized spacial score (nSPS) is 17.2. The monoisotopic (exact) mass is 483 g/mol. The molecule has 0 aliphatic carbocycles. The number of anilines is 1. The van der Waals surface area contributed by atoms with E-state index in [0.717, 1.165) is 46.3 Å². The SMILES string of the molecule is Cc1cc2cccc(C)c2nc1SCC(=O)Nc1ccc(S(=O)(=O)N2CCCC[C@H]2C)cc1. The van der Waals surface area contributed by atoms with E-state index in [1.165, 1.54) is 11.8 Å². The fourth-order valence-electron chi connectivity index (χ4n) is 4.19. The number of amides is 1. The van der Waals surface area contributed by atoms with Crippen molar-refractivity contribution in [3.05, 3.63) is 59.7 Å². The number of para-hydroxylation sites is 1. The van der Waals surface area contributed by atoms with Crippen LogP contribution in [0.4, 0.5) is 5.69 Å². The average molecular weight is 484 g/mol. The average Bonchev–Trinajstić information content (AvgIpc) is 2.78. The molecule has 6 nitrogen and oxygen atoms in total. The Labute approximate surface area is 199 Å². The summed E-state index contributed by atoms with van der Waals surface area (Å²) in [6.07, 6.45) is 2.83. The van der Waals surface area contributed by atoms with Gasteiger partial charge in [-0.25, -0.2) is 13.4 Å². The number of pyridine rings is 1. The molecule has 0 unspecified atom stereocenters. The highest BCUT2D eigenvalue weighted by Gasteiger charge is 2.30. The summed E-state index contributed by atoms with van der Waals surface area (Å²) in [7, 11) is -3.52. The van der Waals surface area contributed by atoms with Gasteiger partial charge in [0.25, 0.3) is 0 Å². The number of carbonyl (C=O) groups excluding carboxylic acids is 1. The Morgan fingerprint density at radius 3 is 2.61 bits per heavy atom. The quantitative estimate of drug-likeness (QED) is 0.491. The van der Waals surface area contributed by atoms with E-state index < -0.39 is 10.0 Å². The predicted octanol–water partition coefficient (Wildman–Crippen LogP) is 5.15. The van der Waals surface area contributed by atoms with Crippen LogP contribution >= 0.6 is 11.8 Å². The number of hydrogen-bond acceptors (Lipinski definition) is 5. The van der Waals surface area contributed by atoms with E-state index >= 15 is 0 Å². The Morgan fingerprint density at radius 2 is 1.88 bits per heavy atom. The summed E-state index contributed by atoms with van der Waals surface area (Å²) in [5, 5.41) is 4.78. The molecule has 0 saturated carbocycles. The summed E-state index contributed by atoms with van der Waals surface area (Å²) in [6, 6.07) is 14.6. The molecule has 33 heavy (non-hydrogen) atoms. The van der Waals surface area contributed by atoms with Gasteiger partial charge in [0.15, 0.2) is 0 Å². The third-order valence-corrected chi connectivity index (χ3v) is 9.14. The minimum Gasteiger partial charge on any atom is -0.325 e. The van der Waals surface area contributed by atoms with E-state index in [9.17, 15) is 13.2 Å². The van der Waals surface area contributed by atoms with Gasteiger partial charge in [0, 0.05) is 23.7 Å². The molecular formula is C25H29N3O3S2. The lowest BCUT2D eigenvalue weighted by molar-refractivity contribution is -0.113. The van der Waals surface area contributed by atoms with Crippen LogP contribution in [0.5, 0.6) is 0 Å². The summed E-state index contributed by atoms with van der Waals surface area (Å²) < 4.78 is 27.5. The number of piperidine rings is 1. The molecule has 8 heteroatoms. The second-order valence-electron chi connectivity index (χ2n) is 8.58. The number of thioether (sulfide) groups is 1. The molecule has 1 N–H and O–H groups in total. The van der Waals surface area contributed by atoms with Gasteiger partial charge in [-0.05, 0) is 75.1 Å². The largest absolute Gasteiger partial charge is 0.325 e. The Hall–Kier alpha value is -2.42. The van der Waals surface area contributed by atoms with Gasteiger partial charge < -0.3 is 5.32 Å². The van der Waals surface area contributed by atoms with Crippen molar-refractivity contribution in [1.29, 1.82) is 0 Å². The molecule has 1 aliphatic rings. The van der Waals surface area contributed by atoms with Crippen LogP contribution in [-0.4, -0.2) is 42.0 Å². The van der Waals surface area contributed by atoms with Crippen LogP contribution in [0.25, 0.3) is 10.9 Å². The van der Waals surface area contributed by atoms with Crippen molar-refractivity contribution in [2.75, 3.05) is 17.6 Å². The molecule has 0 radical (unpaired) electrons. The Bertz CT molecular complexity index is 1270. The maximum Gasteiger partial charge on any atom is 0.243 e. The second-order valence-corrected chi connectivity index (χ2v) is 11.4. The van der Waals surface area contributed by atoms with Crippen LogP contribution in [0.2, 0.25) is 0 Å². The van der Waals surface area contributed by atoms with Gasteiger partial charge in [-0.15, -0.1) is 0 Å². The molecule has 1 atom stereocenters. The molecule has 4 rings (SSSR count). The third kappa shape index (κ3) is 5.23. The maximum absolute atomic E-state index is 13.0. The van der Waals surface area contributed by atoms with E-state index in [1.807, 2.05) is 39.0 Å². The van der Waals surface area contributed by atoms with E-state index in [0.29, 0.717) is 12.2 Å². The summed E-state index contributed by atoms with van der Waals surface area (Å²) in [5.41, 5.74) is 3.66. The lowest BCUT2D eigenvalue weighted by Crippen LogP contribution is -2.41. The smallest absolute Gasteiger partial charge is 0.243 e. The highest BCUT2D eigenvalue weighted by molar-refractivity contribution is 8.00. The van der Waals surface area contributed by atoms with E-state index in [4.69, 9.17) is 4.98 Å². The second kappa shape index (κ2) is 9.83. The first-order valence-electron chi connectivity index (χ1n) is 11.2. The maximum atomic E-state index is 13.0. The zero-order valence-corrected chi connectivity index (χ0v) is 20.8. The Balaban J connectivity index is 1.40. The topological polar surface area (TPSA) is 79.4 Å². The molecule has 1 saturated heterocycles. The first kappa shape index (κ1) is 23.7. The third-order valence-electron chi connectivity index (χ3n) is 6.02. The van der Waals surface area contributed by atoms with Gasteiger partial charge in [-0.3, -0.25) is 4.79 Å². The standard InChI is InChI=1S/C25H29N3O3S2/c1-17-7-6-9-20-15-18(2)25(27-24(17)20)32-16-23(29)26-21-10-12-22(13-11-21)33(30,31)28-14-5-4-8-19(28)3/h6-7,9-13,15,19H,4-5,8,14,16H2,1-3H3,(H,26,29)/t19-/m1/s1. The van der Waals surface area contributed by atoms with Crippen molar-refractivity contribution < 1.29 is 13.2 Å². The molecule has 2 aromatic carbocycles. The predicted molar refractivity (Wildman–Crippen MR) is 134 cm³/mol. The van der Waals surface area contributed by atoms with Gasteiger partial charge in [-0.2, -0.15) is 4.31 Å². The number of nitrogens with one attached hydrogen (secondary N) is 1. The summed E-state index contributed by atoms with van der Waals surface area (Å²) >= 11 is 1.40. The van der Waals surface area contributed by atoms with Gasteiger partial charge in [0.05, 0.1) is 16.2 Å². The number of fused-ring (bicyclic) bond motifs is 1. The number of hydrogen-bond donors (Lipinski definition) is 1. The number of sulfonamides is 1. The number of benzene rings is 2. The van der Waals surface area contributed by atoms with Crippen LogP contribution in [0.15, 0.2) is 58.5 Å². The van der Waals surface area contributed by atoms with Crippen LogP contribution in [0, 0.1) is 13.8 Å². The molecule has 3 aromatic rings. The Morgan fingerprint density at radius 1 is 1.12 bits per heavy atom. The highest BCUT2D eigenvalue weighted by Crippen LogP contribution is 2.27. The first-order valence-corrected chi connectivity index (χ1v) is 13.6. The van der Waals surface area contributed by atoms with E-state index in [2.05, 4.69) is 11.4 Å². The lowest BCUT2D eigenvalue weighted by Gasteiger charge is -2.32. The molecule has 1 aromatic heterocycles. The molecule has 1 fully saturated rings. The molecular weight excluding hydrogens is 454 g/mol. The summed E-state index contributed by atoms with van der Waals surface area (Å²) in [6.45, 7) is 6.54. The van der Waals surface area contributed by atoms with Crippen molar-refractivity contribution in [2.45, 2.75) is 56.0 Å². The van der Waals surface area contributed by atoms with Crippen molar-refractivity contribution in [1.82, 2.24) is 9.29 Å². The van der Waals surface area contributed by atoms with Gasteiger partial charge >= 0.3 is 0 Å². The van der Waals surface area contributed by atoms with Gasteiger partial charge in [0.1, 0.15) is 5.03 Å². The molecule has 2 heterocycles. The lowest BCUT2D eigenvalue weighted by atomic mass is 10.1. The highest BCUT2D eigenvalue weighted by atomic mass is 32.2. The molecule has 1 amide bonds. The fraction of sp³-hybridized carbons (Fsp3) is 0.360. The van der Waals surface area contributed by atoms with Crippen LogP contribution in [0.1, 0.15) is 37.3 Å². The zero-order chi connectivity index (χ0) is 23.6. The number of aryl methyl sites for hydroxylation is 2. The summed E-state index contributed by atoms with van der Waals surface area (Å²) in [4.78, 5) is 17.5. The zero-order valence-electron chi connectivity index (χ0n) is 19.2. The number of nitrogens with zero attached hydrogens (tertiary/aromatic N) is 2. The fourth-order valence-corrected chi connectivity index (χ4v) is 6.67. The minimum absolute atomic E-state index is 0.0103. The Kier molecular flexibility index (Phi) is 7.07. The number of rotatable bonds is 6. The van der Waals surface area contributed by atoms with E-state index in [-0.39, 0.29) is 22.6 Å². The molecule has 1 aliphatic heterocycles. The molecule has 0 spiro atoms. The van der Waals surface area contributed by atoms with Gasteiger partial charge in [-0.1, -0.05) is 36.4 Å². The van der Waals surface area contributed by atoms with Crippen molar-refractivity contribution >= 4 is 44.3 Å². The van der Waals surface area contributed by atoms with Crippen molar-refractivity contribution in [3.63, 3.8) is 0 Å². The van der Waals surface area contributed by atoms with Gasteiger partial charge in [0.2, 0.25) is 15.9 Å². The van der Waals surface area contributed by atoms with Crippen LogP contribution in [-0.2, 0) is 14.8 Å². The van der Waals surface area contributed by atoms with Crippen LogP contribution in [0.3, 0.4) is 0 Å². The first-order chi connectivity index (χ1) is 15.8. The minimum atomic E-state index is -3.52. The molecule has 174 valence electrons.